The van der Waals surface area contributed by atoms with Gasteiger partial charge in [0.1, 0.15) is 11.5 Å². The van der Waals surface area contributed by atoms with Crippen molar-refractivity contribution in [2.24, 2.45) is 11.8 Å². The van der Waals surface area contributed by atoms with Gasteiger partial charge in [-0.3, -0.25) is 9.80 Å². The van der Waals surface area contributed by atoms with E-state index in [-0.39, 0.29) is 24.8 Å². The number of nitrogens with zero attached hydrogens (tertiary/aromatic N) is 2. The monoisotopic (exact) mass is 610 g/mol. The fourth-order valence-electron chi connectivity index (χ4n) is 11.0. The van der Waals surface area contributed by atoms with Gasteiger partial charge in [-0.05, 0) is 123 Å². The molecule has 4 bridgehead atoms. The Morgan fingerprint density at radius 2 is 1.10 bits per heavy atom. The van der Waals surface area contributed by atoms with E-state index in [1.165, 1.54) is 99.6 Å². The number of hydrogen-bond acceptors (Lipinski definition) is 4. The van der Waals surface area contributed by atoms with Gasteiger partial charge >= 0.3 is 0 Å². The molecule has 4 nitrogen and oxygen atoms in total. The molecule has 2 saturated heterocycles. The predicted molar refractivity (Wildman–Crippen MR) is 174 cm³/mol. The van der Waals surface area contributed by atoms with Gasteiger partial charge in [0.15, 0.2) is 0 Å². The topological polar surface area (TPSA) is 46.9 Å². The number of benzene rings is 2. The molecule has 6 unspecified atom stereocenters. The molecule has 2 aromatic carbocycles. The fourth-order valence-corrected chi connectivity index (χ4v) is 11.0. The van der Waals surface area contributed by atoms with Crippen LogP contribution in [-0.4, -0.2) is 58.3 Å². The highest BCUT2D eigenvalue weighted by atomic mass is 35.5. The van der Waals surface area contributed by atoms with Crippen molar-refractivity contribution in [3.8, 4) is 11.5 Å². The van der Waals surface area contributed by atoms with Crippen LogP contribution in [0.4, 0.5) is 0 Å². The van der Waals surface area contributed by atoms with Crippen molar-refractivity contribution in [1.82, 2.24) is 9.80 Å². The van der Waals surface area contributed by atoms with Crippen molar-refractivity contribution in [3.05, 3.63) is 70.8 Å². The van der Waals surface area contributed by atoms with Gasteiger partial charge in [0.05, 0.1) is 0 Å². The molecule has 6 aliphatic rings. The van der Waals surface area contributed by atoms with E-state index in [0.29, 0.717) is 34.4 Å². The molecule has 0 radical (unpaired) electrons. The lowest BCUT2D eigenvalue weighted by Gasteiger charge is -2.59. The maximum atomic E-state index is 10.3. The molecular formula is C36H48Cl2N2O2. The van der Waals surface area contributed by atoms with Crippen LogP contribution in [0.2, 0.25) is 0 Å². The van der Waals surface area contributed by atoms with E-state index in [1.54, 1.807) is 0 Å². The smallest absolute Gasteiger partial charge is 0.115 e. The van der Waals surface area contributed by atoms with Crippen LogP contribution in [-0.2, 0) is 23.7 Å². The Bertz CT molecular complexity index is 1230. The van der Waals surface area contributed by atoms with Crippen molar-refractivity contribution in [1.29, 1.82) is 0 Å². The maximum absolute atomic E-state index is 10.3. The van der Waals surface area contributed by atoms with Crippen molar-refractivity contribution in [2.45, 2.75) is 100.0 Å². The second kappa shape index (κ2) is 11.7. The number of phenolic OH excluding ortho intramolecular Hbond substituents is 2. The molecule has 0 spiro atoms. The highest BCUT2D eigenvalue weighted by molar-refractivity contribution is 5.85. The fraction of sp³-hybridized carbons (Fsp3) is 0.611. The van der Waals surface area contributed by atoms with Crippen molar-refractivity contribution in [3.63, 3.8) is 0 Å². The van der Waals surface area contributed by atoms with E-state index in [4.69, 9.17) is 0 Å². The summed E-state index contributed by atoms with van der Waals surface area (Å²) >= 11 is 0. The number of aromatic hydroxyl groups is 2. The zero-order valence-corrected chi connectivity index (χ0v) is 26.5. The molecule has 2 heterocycles. The number of halogens is 2. The highest BCUT2D eigenvalue weighted by Crippen LogP contribution is 2.57. The first-order valence-corrected chi connectivity index (χ1v) is 16.4. The van der Waals surface area contributed by atoms with Crippen LogP contribution in [0.5, 0.6) is 11.5 Å². The Labute approximate surface area is 264 Å². The minimum Gasteiger partial charge on any atom is -0.508 e. The van der Waals surface area contributed by atoms with E-state index < -0.39 is 0 Å². The van der Waals surface area contributed by atoms with Crippen LogP contribution in [0.25, 0.3) is 0 Å². The standard InChI is InChI=1S/C36H46N2O2.2ClH/c39-27-11-9-25-21-33-29-7-1-3-13-35(29,31(25)23-27)15-19-37(33)17-5-6-18-38-20-16-36-14-4-2-8-30(36)34(38)22-26-10-12-28(40)24-32(26)36;;/h5-6,9-12,23-24,29-30,33-34,39-40H,1-4,7-8,13-22H2;2*1H/b6-5+;;. The van der Waals surface area contributed by atoms with Crippen molar-refractivity contribution in [2.75, 3.05) is 26.2 Å². The largest absolute Gasteiger partial charge is 0.508 e. The van der Waals surface area contributed by atoms with Gasteiger partial charge < -0.3 is 10.2 Å². The molecule has 42 heavy (non-hydrogen) atoms. The summed E-state index contributed by atoms with van der Waals surface area (Å²) < 4.78 is 0. The van der Waals surface area contributed by atoms with E-state index in [9.17, 15) is 10.2 Å². The van der Waals surface area contributed by atoms with E-state index in [2.05, 4.69) is 46.2 Å². The van der Waals surface area contributed by atoms with Gasteiger partial charge in [-0.2, -0.15) is 0 Å². The molecule has 2 aromatic rings. The maximum Gasteiger partial charge on any atom is 0.115 e. The number of rotatable bonds is 4. The van der Waals surface area contributed by atoms with Crippen LogP contribution < -0.4 is 0 Å². The Balaban J connectivity index is 0.00000158. The minimum atomic E-state index is 0. The average molecular weight is 612 g/mol. The Morgan fingerprint density at radius 1 is 0.643 bits per heavy atom. The molecule has 2 aliphatic heterocycles. The summed E-state index contributed by atoms with van der Waals surface area (Å²) in [7, 11) is 0. The molecule has 0 amide bonds. The summed E-state index contributed by atoms with van der Waals surface area (Å²) in [6.45, 7) is 4.50. The second-order valence-corrected chi connectivity index (χ2v) is 14.2. The third-order valence-corrected chi connectivity index (χ3v) is 12.7. The molecule has 6 atom stereocenters. The van der Waals surface area contributed by atoms with E-state index in [0.717, 1.165) is 37.8 Å². The lowest BCUT2D eigenvalue weighted by Crippen LogP contribution is -2.61. The van der Waals surface area contributed by atoms with Gasteiger partial charge in [0.2, 0.25) is 0 Å². The molecule has 8 rings (SSSR count). The average Bonchev–Trinajstić information content (AvgIpc) is 2.98. The zero-order valence-electron chi connectivity index (χ0n) is 24.8. The molecular weight excluding hydrogens is 563 g/mol. The predicted octanol–water partition coefficient (Wildman–Crippen LogP) is 7.31. The summed E-state index contributed by atoms with van der Waals surface area (Å²) in [6, 6.07) is 13.8. The van der Waals surface area contributed by atoms with Crippen LogP contribution in [0.15, 0.2) is 48.6 Å². The second-order valence-electron chi connectivity index (χ2n) is 14.2. The summed E-state index contributed by atoms with van der Waals surface area (Å²) in [5, 5.41) is 20.6. The first kappa shape index (κ1) is 30.3. The molecule has 6 heteroatoms. The van der Waals surface area contributed by atoms with Crippen molar-refractivity contribution < 1.29 is 10.2 Å². The lowest BCUT2D eigenvalue weighted by molar-refractivity contribution is -0.00707. The Hall–Kier alpha value is -1.72. The number of hydrogen-bond donors (Lipinski definition) is 2. The first-order valence-electron chi connectivity index (χ1n) is 16.4. The summed E-state index contributed by atoms with van der Waals surface area (Å²) in [4.78, 5) is 5.60. The highest BCUT2D eigenvalue weighted by Gasteiger charge is 2.55. The number of phenols is 2. The normalized spacial score (nSPS) is 35.1. The lowest BCUT2D eigenvalue weighted by atomic mass is 9.52. The number of fused-ring (bicyclic) bond motifs is 2. The number of piperidine rings is 2. The molecule has 0 aromatic heterocycles. The van der Waals surface area contributed by atoms with Crippen LogP contribution in [0, 0.1) is 11.8 Å². The minimum absolute atomic E-state index is 0. The quantitative estimate of drug-likeness (QED) is 0.356. The van der Waals surface area contributed by atoms with Gasteiger partial charge in [-0.1, -0.05) is 50.0 Å². The first-order chi connectivity index (χ1) is 19.6. The van der Waals surface area contributed by atoms with Crippen LogP contribution in [0.1, 0.15) is 86.5 Å². The van der Waals surface area contributed by atoms with Gasteiger partial charge in [-0.25, -0.2) is 0 Å². The van der Waals surface area contributed by atoms with Crippen LogP contribution >= 0.6 is 24.8 Å². The summed E-state index contributed by atoms with van der Waals surface area (Å²) in [5.74, 6) is 2.37. The molecule has 4 aliphatic carbocycles. The molecule has 2 saturated carbocycles. The van der Waals surface area contributed by atoms with Gasteiger partial charge in [0.25, 0.3) is 0 Å². The Morgan fingerprint density at radius 3 is 1.55 bits per heavy atom. The SMILES string of the molecule is Cl.Cl.Oc1ccc2c(c1)C13CCCCC1C(C2)N(C/C=C/CN1CCC24CCCCC2C1Cc1ccc(O)cc14)CC3. The zero-order chi connectivity index (χ0) is 26.9. The third-order valence-electron chi connectivity index (χ3n) is 12.7. The van der Waals surface area contributed by atoms with Crippen LogP contribution in [0.3, 0.4) is 0 Å². The molecule has 228 valence electrons. The van der Waals surface area contributed by atoms with Gasteiger partial charge in [0, 0.05) is 36.0 Å². The molecule has 4 fully saturated rings. The third kappa shape index (κ3) is 4.62. The number of likely N-dealkylation sites (tertiary alicyclic amines) is 2. The molecule has 2 N–H and O–H groups in total. The van der Waals surface area contributed by atoms with Crippen molar-refractivity contribution >= 4 is 24.8 Å². The Kier molecular flexibility index (Phi) is 8.41. The summed E-state index contributed by atoms with van der Waals surface area (Å²) in [5.41, 5.74) is 6.54. The van der Waals surface area contributed by atoms with E-state index in [1.807, 2.05) is 12.1 Å². The summed E-state index contributed by atoms with van der Waals surface area (Å²) in [6.07, 6.45) is 20.4. The van der Waals surface area contributed by atoms with E-state index >= 15 is 0 Å². The van der Waals surface area contributed by atoms with Gasteiger partial charge in [-0.15, -0.1) is 24.8 Å².